The number of ether oxygens (including phenoxy) is 1. The molecule has 8 nitrogen and oxygen atoms in total. The minimum Gasteiger partial charge on any atom is -0.453 e. The number of aromatic nitrogens is 5. The number of hydrogen-bond acceptors (Lipinski definition) is 7. The lowest BCUT2D eigenvalue weighted by atomic mass is 10.1. The lowest BCUT2D eigenvalue weighted by molar-refractivity contribution is 0.0566. The molecule has 0 aliphatic carbocycles. The zero-order valence-corrected chi connectivity index (χ0v) is 17.3. The molecular formula is C22H20F2N6O2. The van der Waals surface area contributed by atoms with E-state index in [9.17, 15) is 13.9 Å². The Bertz CT molecular complexity index is 1190. The van der Waals surface area contributed by atoms with Crippen LogP contribution in [0, 0.1) is 0 Å². The van der Waals surface area contributed by atoms with Crippen molar-refractivity contribution in [3.63, 3.8) is 0 Å². The summed E-state index contributed by atoms with van der Waals surface area (Å²) in [7, 11) is 0. The topological polar surface area (TPSA) is 98.0 Å². The number of anilines is 2. The van der Waals surface area contributed by atoms with Crippen LogP contribution in [-0.2, 0) is 5.60 Å². The van der Waals surface area contributed by atoms with E-state index in [4.69, 9.17) is 4.74 Å². The minimum atomic E-state index is -2.82. The van der Waals surface area contributed by atoms with Crippen molar-refractivity contribution >= 4 is 11.5 Å². The normalized spacial score (nSPS) is 11.6. The van der Waals surface area contributed by atoms with Crippen molar-refractivity contribution in [1.29, 1.82) is 0 Å². The van der Waals surface area contributed by atoms with Gasteiger partial charge in [0, 0.05) is 18.5 Å². The van der Waals surface area contributed by atoms with Gasteiger partial charge in [-0.25, -0.2) is 9.67 Å². The molecule has 10 heteroatoms. The Kier molecular flexibility index (Phi) is 5.78. The Labute approximate surface area is 182 Å². The van der Waals surface area contributed by atoms with Gasteiger partial charge in [0.15, 0.2) is 11.4 Å². The molecule has 4 aromatic rings. The number of alkyl halides is 2. The molecule has 0 saturated heterocycles. The molecule has 0 aliphatic heterocycles. The number of hydrogen-bond donors (Lipinski definition) is 2. The lowest BCUT2D eigenvalue weighted by Gasteiger charge is -2.16. The fourth-order valence-corrected chi connectivity index (χ4v) is 2.88. The SMILES string of the molecule is CC(C)(O)c1ccc(Nc2cc(Oc3cn(C(F)F)nc3-c3ccccn3)ccn2)cn1. The average Bonchev–Trinajstić information content (AvgIpc) is 3.18. The maximum absolute atomic E-state index is 13.2. The number of nitrogens with zero attached hydrogens (tertiary/aromatic N) is 5. The van der Waals surface area contributed by atoms with Gasteiger partial charge in [-0.2, -0.15) is 13.9 Å². The first-order valence-electron chi connectivity index (χ1n) is 9.68. The Morgan fingerprint density at radius 3 is 2.56 bits per heavy atom. The first-order chi connectivity index (χ1) is 15.3. The van der Waals surface area contributed by atoms with Crippen LogP contribution >= 0.6 is 0 Å². The molecule has 0 unspecified atom stereocenters. The van der Waals surface area contributed by atoms with Gasteiger partial charge >= 0.3 is 6.55 Å². The minimum absolute atomic E-state index is 0.136. The number of halogens is 2. The molecule has 0 bridgehead atoms. The molecule has 4 aromatic heterocycles. The fourth-order valence-electron chi connectivity index (χ4n) is 2.88. The van der Waals surface area contributed by atoms with Gasteiger partial charge in [0.25, 0.3) is 0 Å². The first-order valence-corrected chi connectivity index (χ1v) is 9.68. The molecular weight excluding hydrogens is 418 g/mol. The Morgan fingerprint density at radius 1 is 1.06 bits per heavy atom. The number of aliphatic hydroxyl groups is 1. The van der Waals surface area contributed by atoms with Crippen molar-refractivity contribution in [3.05, 3.63) is 72.9 Å². The highest BCUT2D eigenvalue weighted by Gasteiger charge is 2.19. The summed E-state index contributed by atoms with van der Waals surface area (Å²) in [6, 6.07) is 11.8. The van der Waals surface area contributed by atoms with E-state index in [1.54, 1.807) is 68.7 Å². The zero-order valence-electron chi connectivity index (χ0n) is 17.3. The third-order valence-electron chi connectivity index (χ3n) is 4.43. The second-order valence-corrected chi connectivity index (χ2v) is 7.41. The van der Waals surface area contributed by atoms with Crippen LogP contribution in [0.1, 0.15) is 26.1 Å². The summed E-state index contributed by atoms with van der Waals surface area (Å²) in [6.07, 6.45) is 5.77. The Hall–Kier alpha value is -3.92. The summed E-state index contributed by atoms with van der Waals surface area (Å²) >= 11 is 0. The van der Waals surface area contributed by atoms with Crippen LogP contribution in [0.4, 0.5) is 20.3 Å². The Morgan fingerprint density at radius 2 is 1.91 bits per heavy atom. The van der Waals surface area contributed by atoms with Gasteiger partial charge in [-0.1, -0.05) is 6.07 Å². The van der Waals surface area contributed by atoms with Crippen molar-refractivity contribution in [2.24, 2.45) is 0 Å². The van der Waals surface area contributed by atoms with Crippen molar-refractivity contribution < 1.29 is 18.6 Å². The number of nitrogens with one attached hydrogen (secondary N) is 1. The third-order valence-corrected chi connectivity index (χ3v) is 4.43. The van der Waals surface area contributed by atoms with Gasteiger partial charge in [0.05, 0.1) is 29.5 Å². The molecule has 0 radical (unpaired) electrons. The predicted molar refractivity (Wildman–Crippen MR) is 114 cm³/mol. The van der Waals surface area contributed by atoms with E-state index in [2.05, 4.69) is 25.4 Å². The standard InChI is InChI=1S/C22H20F2N6O2/c1-22(2,31)18-7-6-14(12-27-18)28-19-11-15(8-10-26-19)32-17-13-30(21(23)24)29-20(17)16-5-3-4-9-25-16/h3-13,21,31H,1-2H3,(H,26,28). The van der Waals surface area contributed by atoms with Crippen LogP contribution in [-0.4, -0.2) is 29.8 Å². The van der Waals surface area contributed by atoms with E-state index in [0.717, 1.165) is 6.20 Å². The summed E-state index contributed by atoms with van der Waals surface area (Å²) < 4.78 is 32.8. The fraction of sp³-hybridized carbons (Fsp3) is 0.182. The quantitative estimate of drug-likeness (QED) is 0.424. The van der Waals surface area contributed by atoms with E-state index in [0.29, 0.717) is 33.3 Å². The van der Waals surface area contributed by atoms with Crippen LogP contribution in [0.15, 0.2) is 67.3 Å². The van der Waals surface area contributed by atoms with E-state index in [1.165, 1.54) is 6.20 Å². The monoisotopic (exact) mass is 438 g/mol. The van der Waals surface area contributed by atoms with Gasteiger partial charge in [0.1, 0.15) is 17.2 Å². The molecule has 0 spiro atoms. The molecule has 0 saturated carbocycles. The van der Waals surface area contributed by atoms with Crippen LogP contribution in [0.3, 0.4) is 0 Å². The predicted octanol–water partition coefficient (Wildman–Crippen LogP) is 4.89. The van der Waals surface area contributed by atoms with Crippen molar-refractivity contribution in [2.75, 3.05) is 5.32 Å². The zero-order chi connectivity index (χ0) is 22.7. The average molecular weight is 438 g/mol. The van der Waals surface area contributed by atoms with Gasteiger partial charge in [-0.3, -0.25) is 9.97 Å². The maximum Gasteiger partial charge on any atom is 0.333 e. The molecule has 4 rings (SSSR count). The van der Waals surface area contributed by atoms with Crippen molar-refractivity contribution in [3.8, 4) is 22.9 Å². The first kappa shape index (κ1) is 21.3. The van der Waals surface area contributed by atoms with E-state index >= 15 is 0 Å². The largest absolute Gasteiger partial charge is 0.453 e. The van der Waals surface area contributed by atoms with Crippen LogP contribution in [0.25, 0.3) is 11.4 Å². The van der Waals surface area contributed by atoms with Gasteiger partial charge < -0.3 is 15.2 Å². The summed E-state index contributed by atoms with van der Waals surface area (Å²) in [5.41, 5.74) is 0.753. The molecule has 0 atom stereocenters. The number of pyridine rings is 3. The van der Waals surface area contributed by atoms with E-state index < -0.39 is 12.2 Å². The molecule has 4 heterocycles. The lowest BCUT2D eigenvalue weighted by Crippen LogP contribution is -2.17. The highest BCUT2D eigenvalue weighted by Crippen LogP contribution is 2.33. The van der Waals surface area contributed by atoms with Crippen LogP contribution < -0.4 is 10.1 Å². The molecule has 0 aliphatic rings. The smallest absolute Gasteiger partial charge is 0.333 e. The second kappa shape index (κ2) is 8.67. The highest BCUT2D eigenvalue weighted by atomic mass is 19.3. The molecule has 2 N–H and O–H groups in total. The summed E-state index contributed by atoms with van der Waals surface area (Å²) in [4.78, 5) is 12.7. The summed E-state index contributed by atoms with van der Waals surface area (Å²) in [5.74, 6) is 0.966. The second-order valence-electron chi connectivity index (χ2n) is 7.41. The summed E-state index contributed by atoms with van der Waals surface area (Å²) in [6.45, 7) is 0.490. The Balaban J connectivity index is 1.57. The van der Waals surface area contributed by atoms with Crippen molar-refractivity contribution in [2.45, 2.75) is 26.0 Å². The highest BCUT2D eigenvalue weighted by molar-refractivity contribution is 5.63. The van der Waals surface area contributed by atoms with Crippen molar-refractivity contribution in [1.82, 2.24) is 24.7 Å². The van der Waals surface area contributed by atoms with E-state index in [-0.39, 0.29) is 11.4 Å². The third kappa shape index (κ3) is 4.86. The molecule has 0 aromatic carbocycles. The molecule has 32 heavy (non-hydrogen) atoms. The maximum atomic E-state index is 13.2. The van der Waals surface area contributed by atoms with Gasteiger partial charge in [-0.15, -0.1) is 0 Å². The van der Waals surface area contributed by atoms with Crippen LogP contribution in [0.2, 0.25) is 0 Å². The van der Waals surface area contributed by atoms with Gasteiger partial charge in [0.2, 0.25) is 0 Å². The summed E-state index contributed by atoms with van der Waals surface area (Å²) in [5, 5.41) is 17.0. The van der Waals surface area contributed by atoms with Crippen LogP contribution in [0.5, 0.6) is 11.5 Å². The molecule has 164 valence electrons. The number of rotatable bonds is 7. The molecule has 0 fully saturated rings. The van der Waals surface area contributed by atoms with E-state index in [1.807, 2.05) is 0 Å². The van der Waals surface area contributed by atoms with Gasteiger partial charge in [-0.05, 0) is 44.2 Å². The molecule has 0 amide bonds.